The third kappa shape index (κ3) is 3.63. The zero-order valence-electron chi connectivity index (χ0n) is 13.9. The van der Waals surface area contributed by atoms with Gasteiger partial charge in [0.2, 0.25) is 5.91 Å². The summed E-state index contributed by atoms with van der Waals surface area (Å²) in [4.78, 5) is 23.3. The number of nitrogens with two attached hydrogens (primary N) is 1. The SMILES string of the molecule is CCc1cc(N2CCC(NC(=O)C3(N)CCCC3)CC2)ncn1. The topological polar surface area (TPSA) is 84.1 Å². The van der Waals surface area contributed by atoms with Gasteiger partial charge in [0.05, 0.1) is 5.54 Å². The lowest BCUT2D eigenvalue weighted by molar-refractivity contribution is -0.127. The molecule has 0 spiro atoms. The summed E-state index contributed by atoms with van der Waals surface area (Å²) in [5.41, 5.74) is 6.67. The molecule has 3 rings (SSSR count). The standard InChI is InChI=1S/C17H27N5O/c1-2-13-11-15(20-12-19-13)22-9-5-14(6-10-22)21-16(23)17(18)7-3-4-8-17/h11-12,14H,2-10,18H2,1H3,(H,21,23). The van der Waals surface area contributed by atoms with E-state index in [2.05, 4.69) is 33.2 Å². The van der Waals surface area contributed by atoms with Crippen LogP contribution in [-0.4, -0.2) is 40.5 Å². The van der Waals surface area contributed by atoms with Gasteiger partial charge in [0.25, 0.3) is 0 Å². The largest absolute Gasteiger partial charge is 0.356 e. The molecule has 0 atom stereocenters. The van der Waals surface area contributed by atoms with E-state index < -0.39 is 5.54 Å². The molecule has 6 nitrogen and oxygen atoms in total. The van der Waals surface area contributed by atoms with E-state index in [-0.39, 0.29) is 11.9 Å². The first-order valence-electron chi connectivity index (χ1n) is 8.76. The monoisotopic (exact) mass is 317 g/mol. The van der Waals surface area contributed by atoms with Gasteiger partial charge in [0.15, 0.2) is 0 Å². The van der Waals surface area contributed by atoms with E-state index in [0.717, 1.165) is 69.5 Å². The summed E-state index contributed by atoms with van der Waals surface area (Å²) in [6.45, 7) is 3.91. The van der Waals surface area contributed by atoms with Crippen LogP contribution in [-0.2, 0) is 11.2 Å². The Bertz CT molecular complexity index is 548. The van der Waals surface area contributed by atoms with Crippen molar-refractivity contribution in [3.05, 3.63) is 18.1 Å². The van der Waals surface area contributed by atoms with Crippen LogP contribution in [0.5, 0.6) is 0 Å². The van der Waals surface area contributed by atoms with Crippen molar-refractivity contribution in [1.82, 2.24) is 15.3 Å². The van der Waals surface area contributed by atoms with Gasteiger partial charge < -0.3 is 16.0 Å². The molecule has 1 aromatic rings. The molecule has 2 aliphatic rings. The highest BCUT2D eigenvalue weighted by atomic mass is 16.2. The molecule has 126 valence electrons. The highest BCUT2D eigenvalue weighted by molar-refractivity contribution is 5.86. The van der Waals surface area contributed by atoms with Crippen LogP contribution < -0.4 is 16.0 Å². The summed E-state index contributed by atoms with van der Waals surface area (Å²) < 4.78 is 0. The van der Waals surface area contributed by atoms with Gasteiger partial charge in [-0.25, -0.2) is 9.97 Å². The highest BCUT2D eigenvalue weighted by Gasteiger charge is 2.38. The molecule has 0 bridgehead atoms. The summed E-state index contributed by atoms with van der Waals surface area (Å²) >= 11 is 0. The number of carbonyl (C=O) groups is 1. The van der Waals surface area contributed by atoms with Crippen molar-refractivity contribution < 1.29 is 4.79 Å². The number of aromatic nitrogens is 2. The van der Waals surface area contributed by atoms with Gasteiger partial charge >= 0.3 is 0 Å². The van der Waals surface area contributed by atoms with Crippen LogP contribution in [0.1, 0.15) is 51.1 Å². The fourth-order valence-corrected chi connectivity index (χ4v) is 3.57. The summed E-state index contributed by atoms with van der Waals surface area (Å²) in [6.07, 6.45) is 8.20. The fourth-order valence-electron chi connectivity index (χ4n) is 3.57. The summed E-state index contributed by atoms with van der Waals surface area (Å²) in [6, 6.07) is 2.29. The maximum Gasteiger partial charge on any atom is 0.240 e. The molecule has 1 saturated carbocycles. The van der Waals surface area contributed by atoms with E-state index in [1.54, 1.807) is 6.33 Å². The smallest absolute Gasteiger partial charge is 0.240 e. The van der Waals surface area contributed by atoms with Gasteiger partial charge in [-0.1, -0.05) is 19.8 Å². The molecule has 1 saturated heterocycles. The summed E-state index contributed by atoms with van der Waals surface area (Å²) in [7, 11) is 0. The van der Waals surface area contributed by atoms with Crippen LogP contribution in [0, 0.1) is 0 Å². The van der Waals surface area contributed by atoms with E-state index in [9.17, 15) is 4.79 Å². The maximum absolute atomic E-state index is 12.4. The lowest BCUT2D eigenvalue weighted by Gasteiger charge is -2.34. The average Bonchev–Trinajstić information content (AvgIpc) is 3.04. The number of aryl methyl sites for hydroxylation is 1. The Labute approximate surface area is 137 Å². The number of nitrogens with one attached hydrogen (secondary N) is 1. The number of anilines is 1. The van der Waals surface area contributed by atoms with Gasteiger partial charge in [-0.05, 0) is 32.1 Å². The molecular weight excluding hydrogens is 290 g/mol. The second-order valence-corrected chi connectivity index (χ2v) is 6.82. The Morgan fingerprint density at radius 1 is 1.35 bits per heavy atom. The number of piperidine rings is 1. The quantitative estimate of drug-likeness (QED) is 0.877. The van der Waals surface area contributed by atoms with Crippen molar-refractivity contribution in [3.63, 3.8) is 0 Å². The number of hydrogen-bond acceptors (Lipinski definition) is 5. The van der Waals surface area contributed by atoms with E-state index in [1.807, 2.05) is 0 Å². The lowest BCUT2D eigenvalue weighted by atomic mass is 9.96. The van der Waals surface area contributed by atoms with Crippen LogP contribution >= 0.6 is 0 Å². The third-order valence-electron chi connectivity index (χ3n) is 5.17. The Hall–Kier alpha value is -1.69. The first-order valence-corrected chi connectivity index (χ1v) is 8.76. The number of hydrogen-bond donors (Lipinski definition) is 2. The molecule has 1 aromatic heterocycles. The van der Waals surface area contributed by atoms with Gasteiger partial charge in [-0.2, -0.15) is 0 Å². The summed E-state index contributed by atoms with van der Waals surface area (Å²) in [5.74, 6) is 1.04. The van der Waals surface area contributed by atoms with Gasteiger partial charge in [0.1, 0.15) is 12.1 Å². The molecule has 1 aliphatic carbocycles. The Morgan fingerprint density at radius 3 is 2.70 bits per heavy atom. The Balaban J connectivity index is 1.53. The molecule has 23 heavy (non-hydrogen) atoms. The fraction of sp³-hybridized carbons (Fsp3) is 0.706. The predicted molar refractivity (Wildman–Crippen MR) is 90.2 cm³/mol. The molecule has 0 unspecified atom stereocenters. The van der Waals surface area contributed by atoms with E-state index in [1.165, 1.54) is 0 Å². The number of nitrogens with zero attached hydrogens (tertiary/aromatic N) is 3. The molecule has 6 heteroatoms. The van der Waals surface area contributed by atoms with Crippen molar-refractivity contribution >= 4 is 11.7 Å². The van der Waals surface area contributed by atoms with Crippen LogP contribution in [0.15, 0.2) is 12.4 Å². The number of amides is 1. The van der Waals surface area contributed by atoms with E-state index in [4.69, 9.17) is 5.73 Å². The zero-order valence-corrected chi connectivity index (χ0v) is 13.9. The molecule has 2 heterocycles. The molecule has 0 aromatic carbocycles. The molecule has 1 amide bonds. The zero-order chi connectivity index (χ0) is 16.3. The first kappa shape index (κ1) is 16.2. The van der Waals surface area contributed by atoms with Crippen molar-refractivity contribution in [2.75, 3.05) is 18.0 Å². The highest BCUT2D eigenvalue weighted by Crippen LogP contribution is 2.28. The normalized spacial score (nSPS) is 21.4. The first-order chi connectivity index (χ1) is 11.1. The van der Waals surface area contributed by atoms with Crippen LogP contribution in [0.3, 0.4) is 0 Å². The molecular formula is C17H27N5O. The van der Waals surface area contributed by atoms with E-state index >= 15 is 0 Å². The lowest BCUT2D eigenvalue weighted by Crippen LogP contribution is -2.56. The number of rotatable bonds is 4. The second-order valence-electron chi connectivity index (χ2n) is 6.82. The molecule has 2 fully saturated rings. The molecule has 1 aliphatic heterocycles. The van der Waals surface area contributed by atoms with Gasteiger partial charge in [-0.15, -0.1) is 0 Å². The number of carbonyl (C=O) groups excluding carboxylic acids is 1. The summed E-state index contributed by atoms with van der Waals surface area (Å²) in [5, 5.41) is 3.17. The minimum absolute atomic E-state index is 0.0451. The predicted octanol–water partition coefficient (Wildman–Crippen LogP) is 1.40. The van der Waals surface area contributed by atoms with Crippen LogP contribution in [0.4, 0.5) is 5.82 Å². The van der Waals surface area contributed by atoms with Crippen molar-refractivity contribution in [2.24, 2.45) is 5.73 Å². The minimum Gasteiger partial charge on any atom is -0.356 e. The Morgan fingerprint density at radius 2 is 2.04 bits per heavy atom. The minimum atomic E-state index is -0.625. The van der Waals surface area contributed by atoms with Crippen LogP contribution in [0.2, 0.25) is 0 Å². The van der Waals surface area contributed by atoms with Gasteiger partial charge in [-0.3, -0.25) is 4.79 Å². The van der Waals surface area contributed by atoms with Crippen molar-refractivity contribution in [2.45, 2.75) is 63.5 Å². The molecule has 3 N–H and O–H groups in total. The second kappa shape index (κ2) is 6.83. The molecule has 0 radical (unpaired) electrons. The maximum atomic E-state index is 12.4. The van der Waals surface area contributed by atoms with Crippen LogP contribution in [0.25, 0.3) is 0 Å². The third-order valence-corrected chi connectivity index (χ3v) is 5.17. The Kier molecular flexibility index (Phi) is 4.80. The average molecular weight is 317 g/mol. The van der Waals surface area contributed by atoms with Crippen molar-refractivity contribution in [1.29, 1.82) is 0 Å². The van der Waals surface area contributed by atoms with E-state index in [0.29, 0.717) is 0 Å². The van der Waals surface area contributed by atoms with Gasteiger partial charge in [0, 0.05) is 30.9 Å². The van der Waals surface area contributed by atoms with Crippen molar-refractivity contribution in [3.8, 4) is 0 Å².